The molecule has 0 radical (unpaired) electrons. The molecule has 92 valence electrons. The Hall–Kier alpha value is -1.96. The maximum atomic E-state index is 3.46. The topological polar surface area (TPSA) is 15.3 Å². The quantitative estimate of drug-likeness (QED) is 0.855. The van der Waals surface area contributed by atoms with Crippen molar-refractivity contribution in [1.29, 1.82) is 0 Å². The van der Waals surface area contributed by atoms with Gasteiger partial charge in [-0.15, -0.1) is 0 Å². The number of hydrogen-bond acceptors (Lipinski definition) is 2. The van der Waals surface area contributed by atoms with E-state index in [0.717, 1.165) is 19.5 Å². The Labute approximate surface area is 108 Å². The molecule has 3 rings (SSSR count). The van der Waals surface area contributed by atoms with E-state index >= 15 is 0 Å². The Bertz CT molecular complexity index is 548. The van der Waals surface area contributed by atoms with E-state index < -0.39 is 0 Å². The van der Waals surface area contributed by atoms with Crippen LogP contribution in [0.1, 0.15) is 12.5 Å². The summed E-state index contributed by atoms with van der Waals surface area (Å²) in [6, 6.07) is 17.2. The lowest BCUT2D eigenvalue weighted by molar-refractivity contribution is 0.916. The van der Waals surface area contributed by atoms with Crippen LogP contribution in [0.5, 0.6) is 0 Å². The molecule has 1 aliphatic rings. The van der Waals surface area contributed by atoms with Crippen molar-refractivity contribution >= 4 is 17.1 Å². The smallest absolute Gasteiger partial charge is 0.0647 e. The second-order valence-electron chi connectivity index (χ2n) is 4.58. The first-order valence-electron chi connectivity index (χ1n) is 6.58. The minimum absolute atomic E-state index is 0.995. The van der Waals surface area contributed by atoms with E-state index in [9.17, 15) is 0 Å². The van der Waals surface area contributed by atoms with E-state index in [1.807, 2.05) is 0 Å². The predicted molar refractivity (Wildman–Crippen MR) is 77.8 cm³/mol. The highest BCUT2D eigenvalue weighted by Crippen LogP contribution is 2.35. The van der Waals surface area contributed by atoms with E-state index in [2.05, 4.69) is 65.7 Å². The molecule has 2 aromatic carbocycles. The van der Waals surface area contributed by atoms with Gasteiger partial charge in [0.1, 0.15) is 0 Å². The van der Waals surface area contributed by atoms with Crippen LogP contribution in [-0.2, 0) is 6.42 Å². The molecule has 2 heteroatoms. The summed E-state index contributed by atoms with van der Waals surface area (Å²) in [5, 5.41) is 3.46. The van der Waals surface area contributed by atoms with Gasteiger partial charge >= 0.3 is 0 Å². The van der Waals surface area contributed by atoms with Crippen molar-refractivity contribution in [2.24, 2.45) is 0 Å². The Morgan fingerprint density at radius 2 is 1.72 bits per heavy atom. The van der Waals surface area contributed by atoms with Gasteiger partial charge in [0, 0.05) is 18.8 Å². The molecule has 0 aromatic heterocycles. The van der Waals surface area contributed by atoms with Crippen LogP contribution in [0.2, 0.25) is 0 Å². The first-order chi connectivity index (χ1) is 8.90. The number of hydrogen-bond donors (Lipinski definition) is 1. The van der Waals surface area contributed by atoms with Gasteiger partial charge in [-0.2, -0.15) is 0 Å². The molecule has 0 fully saturated rings. The summed E-state index contributed by atoms with van der Waals surface area (Å²) in [5.74, 6) is 0. The van der Waals surface area contributed by atoms with Crippen molar-refractivity contribution in [2.75, 3.05) is 23.3 Å². The Balaban J connectivity index is 2.08. The standard InChI is InChI=1S/C16H18N2/c1-2-13-7-3-5-9-15(13)18-12-11-17-14-8-4-6-10-16(14)18/h3-10,17H,2,11-12H2,1H3. The zero-order valence-corrected chi connectivity index (χ0v) is 10.7. The summed E-state index contributed by atoms with van der Waals surface area (Å²) >= 11 is 0. The normalized spacial score (nSPS) is 13.9. The molecule has 2 aromatic rings. The van der Waals surface area contributed by atoms with Crippen LogP contribution >= 0.6 is 0 Å². The lowest BCUT2D eigenvalue weighted by Gasteiger charge is -2.33. The maximum Gasteiger partial charge on any atom is 0.0647 e. The van der Waals surface area contributed by atoms with Gasteiger partial charge in [0.05, 0.1) is 11.4 Å². The zero-order valence-electron chi connectivity index (χ0n) is 10.7. The zero-order chi connectivity index (χ0) is 12.4. The molecule has 0 unspecified atom stereocenters. The highest BCUT2D eigenvalue weighted by molar-refractivity contribution is 5.79. The van der Waals surface area contributed by atoms with E-state index in [1.165, 1.54) is 22.6 Å². The van der Waals surface area contributed by atoms with Crippen molar-refractivity contribution in [3.63, 3.8) is 0 Å². The summed E-state index contributed by atoms with van der Waals surface area (Å²) in [6.45, 7) is 4.23. The predicted octanol–water partition coefficient (Wildman–Crippen LogP) is 3.81. The van der Waals surface area contributed by atoms with Crippen molar-refractivity contribution in [3.8, 4) is 0 Å². The second-order valence-corrected chi connectivity index (χ2v) is 4.58. The van der Waals surface area contributed by atoms with Gasteiger partial charge in [-0.3, -0.25) is 0 Å². The monoisotopic (exact) mass is 238 g/mol. The lowest BCUT2D eigenvalue weighted by Crippen LogP contribution is -2.30. The number of aryl methyl sites for hydroxylation is 1. The van der Waals surface area contributed by atoms with Crippen LogP contribution in [0.4, 0.5) is 17.1 Å². The SMILES string of the molecule is CCc1ccccc1N1CCNc2ccccc21. The van der Waals surface area contributed by atoms with Crippen molar-refractivity contribution in [1.82, 2.24) is 0 Å². The third kappa shape index (κ3) is 1.84. The molecular formula is C16H18N2. The van der Waals surface area contributed by atoms with Crippen molar-refractivity contribution < 1.29 is 0 Å². The van der Waals surface area contributed by atoms with Gasteiger partial charge in [-0.25, -0.2) is 0 Å². The van der Waals surface area contributed by atoms with Crippen molar-refractivity contribution in [2.45, 2.75) is 13.3 Å². The van der Waals surface area contributed by atoms with Crippen LogP contribution in [-0.4, -0.2) is 13.1 Å². The largest absolute Gasteiger partial charge is 0.382 e. The highest BCUT2D eigenvalue weighted by Gasteiger charge is 2.18. The van der Waals surface area contributed by atoms with E-state index in [0.29, 0.717) is 0 Å². The average Bonchev–Trinajstić information content (AvgIpc) is 2.46. The number of nitrogens with zero attached hydrogens (tertiary/aromatic N) is 1. The molecule has 1 aliphatic heterocycles. The number of nitrogens with one attached hydrogen (secondary N) is 1. The van der Waals surface area contributed by atoms with Gasteiger partial charge in [-0.1, -0.05) is 37.3 Å². The minimum Gasteiger partial charge on any atom is -0.382 e. The highest BCUT2D eigenvalue weighted by atomic mass is 15.2. The molecular weight excluding hydrogens is 220 g/mol. The molecule has 1 N–H and O–H groups in total. The summed E-state index contributed by atoms with van der Waals surface area (Å²) in [7, 11) is 0. The molecule has 2 nitrogen and oxygen atoms in total. The molecule has 0 atom stereocenters. The molecule has 0 aliphatic carbocycles. The fourth-order valence-corrected chi connectivity index (χ4v) is 2.60. The number of anilines is 3. The molecule has 0 spiro atoms. The molecule has 18 heavy (non-hydrogen) atoms. The number of rotatable bonds is 2. The van der Waals surface area contributed by atoms with Crippen LogP contribution in [0, 0.1) is 0 Å². The van der Waals surface area contributed by atoms with E-state index in [1.54, 1.807) is 0 Å². The van der Waals surface area contributed by atoms with Crippen molar-refractivity contribution in [3.05, 3.63) is 54.1 Å². The van der Waals surface area contributed by atoms with Crippen LogP contribution < -0.4 is 10.2 Å². The van der Waals surface area contributed by atoms with Gasteiger partial charge in [0.25, 0.3) is 0 Å². The summed E-state index contributed by atoms with van der Waals surface area (Å²) in [4.78, 5) is 2.42. The second kappa shape index (κ2) is 4.73. The number of benzene rings is 2. The Morgan fingerprint density at radius 1 is 1.00 bits per heavy atom. The third-order valence-electron chi connectivity index (χ3n) is 3.51. The van der Waals surface area contributed by atoms with E-state index in [4.69, 9.17) is 0 Å². The fraction of sp³-hybridized carbons (Fsp3) is 0.250. The molecule has 0 bridgehead atoms. The molecule has 0 saturated carbocycles. The minimum atomic E-state index is 0.995. The average molecular weight is 238 g/mol. The maximum absolute atomic E-state index is 3.46. The summed E-state index contributed by atoms with van der Waals surface area (Å²) in [5.41, 5.74) is 5.27. The molecule has 1 heterocycles. The van der Waals surface area contributed by atoms with Gasteiger partial charge in [-0.05, 0) is 30.2 Å². The fourth-order valence-electron chi connectivity index (χ4n) is 2.60. The molecule has 0 amide bonds. The van der Waals surface area contributed by atoms with Gasteiger partial charge in [0.15, 0.2) is 0 Å². The van der Waals surface area contributed by atoms with Gasteiger partial charge < -0.3 is 10.2 Å². The lowest BCUT2D eigenvalue weighted by atomic mass is 10.1. The van der Waals surface area contributed by atoms with Crippen LogP contribution in [0.25, 0.3) is 0 Å². The number of fused-ring (bicyclic) bond motifs is 1. The molecule has 0 saturated heterocycles. The van der Waals surface area contributed by atoms with E-state index in [-0.39, 0.29) is 0 Å². The summed E-state index contributed by atoms with van der Waals surface area (Å²) < 4.78 is 0. The van der Waals surface area contributed by atoms with Gasteiger partial charge in [0.2, 0.25) is 0 Å². The van der Waals surface area contributed by atoms with Crippen LogP contribution in [0.3, 0.4) is 0 Å². The Morgan fingerprint density at radius 3 is 2.56 bits per heavy atom. The third-order valence-corrected chi connectivity index (χ3v) is 3.51. The van der Waals surface area contributed by atoms with Crippen LogP contribution in [0.15, 0.2) is 48.5 Å². The first kappa shape index (κ1) is 11.1. The Kier molecular flexibility index (Phi) is 2.93. The summed E-state index contributed by atoms with van der Waals surface area (Å²) in [6.07, 6.45) is 1.07. The first-order valence-corrected chi connectivity index (χ1v) is 6.58. The number of para-hydroxylation sites is 3.